The van der Waals surface area contributed by atoms with Crippen molar-refractivity contribution in [3.8, 4) is 17.1 Å². The zero-order chi connectivity index (χ0) is 20.1. The monoisotopic (exact) mass is 406 g/mol. The maximum Gasteiger partial charge on any atom is 0.389 e. The van der Waals surface area contributed by atoms with Gasteiger partial charge >= 0.3 is 6.18 Å². The van der Waals surface area contributed by atoms with Crippen LogP contribution in [0.25, 0.3) is 17.1 Å². The molecule has 0 fully saturated rings. The number of nitrogens with zero attached hydrogens (tertiary/aromatic N) is 4. The van der Waals surface area contributed by atoms with Gasteiger partial charge in [0.15, 0.2) is 11.0 Å². The van der Waals surface area contributed by atoms with Crippen LogP contribution in [0.3, 0.4) is 0 Å². The molecule has 0 spiro atoms. The van der Waals surface area contributed by atoms with Crippen molar-refractivity contribution >= 4 is 11.8 Å². The Labute approximate surface area is 166 Å². The summed E-state index contributed by atoms with van der Waals surface area (Å²) < 4.78 is 39.8. The van der Waals surface area contributed by atoms with Gasteiger partial charge in [-0.05, 0) is 36.1 Å². The Kier molecular flexibility index (Phi) is 6.39. The van der Waals surface area contributed by atoms with Crippen molar-refractivity contribution in [2.24, 2.45) is 0 Å². The molecule has 0 saturated heterocycles. The average molecular weight is 406 g/mol. The van der Waals surface area contributed by atoms with E-state index in [2.05, 4.69) is 29.0 Å². The highest BCUT2D eigenvalue weighted by atomic mass is 32.2. The molecule has 3 rings (SSSR count). The van der Waals surface area contributed by atoms with Gasteiger partial charge in [-0.1, -0.05) is 43.8 Å². The molecule has 1 aromatic carbocycles. The van der Waals surface area contributed by atoms with Crippen LogP contribution < -0.4 is 0 Å². The summed E-state index contributed by atoms with van der Waals surface area (Å²) in [5, 5.41) is 8.98. The van der Waals surface area contributed by atoms with Crippen LogP contribution in [0.1, 0.15) is 31.4 Å². The Morgan fingerprint density at radius 3 is 2.29 bits per heavy atom. The van der Waals surface area contributed by atoms with Crippen molar-refractivity contribution < 1.29 is 13.2 Å². The van der Waals surface area contributed by atoms with E-state index >= 15 is 0 Å². The van der Waals surface area contributed by atoms with Crippen molar-refractivity contribution in [1.82, 2.24) is 19.7 Å². The van der Waals surface area contributed by atoms with Gasteiger partial charge in [0.25, 0.3) is 0 Å². The van der Waals surface area contributed by atoms with Crippen LogP contribution in [0.5, 0.6) is 0 Å². The summed E-state index contributed by atoms with van der Waals surface area (Å²) in [4.78, 5) is 4.15. The fourth-order valence-electron chi connectivity index (χ4n) is 3.01. The molecule has 0 radical (unpaired) electrons. The number of hydrogen-bond donors (Lipinski definition) is 0. The Morgan fingerprint density at radius 2 is 1.71 bits per heavy atom. The maximum atomic E-state index is 12.6. The van der Waals surface area contributed by atoms with E-state index in [0.717, 1.165) is 47.0 Å². The number of alkyl halides is 3. The molecule has 0 aliphatic heterocycles. The van der Waals surface area contributed by atoms with Crippen molar-refractivity contribution in [2.75, 3.05) is 5.75 Å². The summed E-state index contributed by atoms with van der Waals surface area (Å²) in [5.41, 5.74) is 3.92. The first-order valence-corrected chi connectivity index (χ1v) is 10.1. The molecule has 2 aromatic heterocycles. The molecule has 8 heteroatoms. The van der Waals surface area contributed by atoms with E-state index in [1.807, 2.05) is 28.8 Å². The van der Waals surface area contributed by atoms with Crippen LogP contribution in [-0.4, -0.2) is 31.7 Å². The third kappa shape index (κ3) is 4.55. The van der Waals surface area contributed by atoms with E-state index < -0.39 is 12.6 Å². The van der Waals surface area contributed by atoms with Crippen LogP contribution >= 0.6 is 11.8 Å². The lowest BCUT2D eigenvalue weighted by Gasteiger charge is -2.18. The van der Waals surface area contributed by atoms with Gasteiger partial charge < -0.3 is 0 Å². The first-order valence-electron chi connectivity index (χ1n) is 9.11. The number of pyridine rings is 1. The first kappa shape index (κ1) is 20.4. The number of hydrogen-bond acceptors (Lipinski definition) is 4. The van der Waals surface area contributed by atoms with Gasteiger partial charge in [0.05, 0.1) is 12.1 Å². The molecule has 0 saturated carbocycles. The minimum absolute atomic E-state index is 0.107. The Morgan fingerprint density at radius 1 is 1.00 bits per heavy atom. The third-order valence-corrected chi connectivity index (χ3v) is 5.29. The number of benzene rings is 1. The molecule has 2 heterocycles. The second kappa shape index (κ2) is 8.77. The number of thioether (sulfide) groups is 1. The van der Waals surface area contributed by atoms with Crippen molar-refractivity contribution in [2.45, 2.75) is 44.4 Å². The predicted molar refractivity (Wildman–Crippen MR) is 105 cm³/mol. The number of aromatic nitrogens is 4. The standard InChI is InChI=1S/C20H21F3N4S/c1-3-14-7-5-8-15(4-2)17(14)27-18(16-9-6-11-24-13-16)25-26-19(27)28-12-10-20(21,22)23/h5-9,11,13H,3-4,10,12H2,1-2H3. The van der Waals surface area contributed by atoms with Gasteiger partial charge in [0.2, 0.25) is 0 Å². The summed E-state index contributed by atoms with van der Waals surface area (Å²) in [7, 11) is 0. The maximum absolute atomic E-state index is 12.6. The Bertz CT molecular complexity index is 901. The minimum atomic E-state index is -4.19. The van der Waals surface area contributed by atoms with E-state index in [0.29, 0.717) is 11.0 Å². The van der Waals surface area contributed by atoms with Crippen molar-refractivity contribution in [3.05, 3.63) is 53.9 Å². The van der Waals surface area contributed by atoms with Gasteiger partial charge in [0, 0.05) is 23.7 Å². The fraction of sp³-hybridized carbons (Fsp3) is 0.350. The van der Waals surface area contributed by atoms with Crippen LogP contribution in [-0.2, 0) is 12.8 Å². The van der Waals surface area contributed by atoms with E-state index in [4.69, 9.17) is 0 Å². The normalized spacial score (nSPS) is 11.8. The highest BCUT2D eigenvalue weighted by Gasteiger charge is 2.27. The van der Waals surface area contributed by atoms with Crippen molar-refractivity contribution in [3.63, 3.8) is 0 Å². The Balaban J connectivity index is 2.13. The molecule has 4 nitrogen and oxygen atoms in total. The lowest BCUT2D eigenvalue weighted by Crippen LogP contribution is -2.10. The van der Waals surface area contributed by atoms with Crippen molar-refractivity contribution in [1.29, 1.82) is 0 Å². The van der Waals surface area contributed by atoms with Gasteiger partial charge in [-0.3, -0.25) is 9.55 Å². The molecular formula is C20H21F3N4S. The lowest BCUT2D eigenvalue weighted by molar-refractivity contribution is -0.129. The third-order valence-electron chi connectivity index (χ3n) is 4.36. The average Bonchev–Trinajstić information content (AvgIpc) is 3.10. The molecule has 0 aliphatic rings. The molecule has 28 heavy (non-hydrogen) atoms. The summed E-state index contributed by atoms with van der Waals surface area (Å²) in [6.45, 7) is 4.12. The summed E-state index contributed by atoms with van der Waals surface area (Å²) in [6, 6.07) is 9.75. The SMILES string of the molecule is CCc1cccc(CC)c1-n1c(SCCC(F)(F)F)nnc1-c1cccnc1. The second-order valence-corrected chi connectivity index (χ2v) is 7.29. The summed E-state index contributed by atoms with van der Waals surface area (Å²) in [5.74, 6) is 0.475. The zero-order valence-corrected chi connectivity index (χ0v) is 16.5. The quantitative estimate of drug-likeness (QED) is 0.486. The van der Waals surface area contributed by atoms with E-state index in [-0.39, 0.29) is 5.75 Å². The Hall–Kier alpha value is -2.35. The molecule has 148 valence electrons. The van der Waals surface area contributed by atoms with E-state index in [1.54, 1.807) is 18.5 Å². The van der Waals surface area contributed by atoms with Gasteiger partial charge in [-0.15, -0.1) is 10.2 Å². The van der Waals surface area contributed by atoms with Gasteiger partial charge in [-0.2, -0.15) is 13.2 Å². The molecule has 0 atom stereocenters. The summed E-state index contributed by atoms with van der Waals surface area (Å²) >= 11 is 1.07. The molecule has 3 aromatic rings. The fourth-order valence-corrected chi connectivity index (χ4v) is 3.93. The predicted octanol–water partition coefficient (Wildman–Crippen LogP) is 5.50. The van der Waals surface area contributed by atoms with Crippen LogP contribution in [0, 0.1) is 0 Å². The van der Waals surface area contributed by atoms with Crippen LogP contribution in [0.2, 0.25) is 0 Å². The van der Waals surface area contributed by atoms with Crippen LogP contribution in [0.15, 0.2) is 47.9 Å². The number of rotatable bonds is 7. The van der Waals surface area contributed by atoms with Gasteiger partial charge in [0.1, 0.15) is 0 Å². The van der Waals surface area contributed by atoms with E-state index in [1.165, 1.54) is 0 Å². The topological polar surface area (TPSA) is 43.6 Å². The zero-order valence-electron chi connectivity index (χ0n) is 15.7. The molecule has 0 amide bonds. The smallest absolute Gasteiger partial charge is 0.269 e. The summed E-state index contributed by atoms with van der Waals surface area (Å²) in [6.07, 6.45) is -0.130. The number of halogens is 3. The largest absolute Gasteiger partial charge is 0.389 e. The van der Waals surface area contributed by atoms with E-state index in [9.17, 15) is 13.2 Å². The molecule has 0 aliphatic carbocycles. The highest BCUT2D eigenvalue weighted by Crippen LogP contribution is 2.33. The molecule has 0 unspecified atom stereocenters. The highest BCUT2D eigenvalue weighted by molar-refractivity contribution is 7.99. The molecular weight excluding hydrogens is 385 g/mol. The molecule has 0 bridgehead atoms. The lowest BCUT2D eigenvalue weighted by atomic mass is 10.0. The number of para-hydroxylation sites is 1. The van der Waals surface area contributed by atoms with Crippen LogP contribution in [0.4, 0.5) is 13.2 Å². The first-order chi connectivity index (χ1) is 13.4. The van der Waals surface area contributed by atoms with Gasteiger partial charge in [-0.25, -0.2) is 0 Å². The minimum Gasteiger partial charge on any atom is -0.269 e. The molecule has 0 N–H and O–H groups in total. The number of aryl methyl sites for hydroxylation is 2. The second-order valence-electron chi connectivity index (χ2n) is 6.23.